The molecular weight excluding hydrogens is 248 g/mol. The van der Waals surface area contributed by atoms with E-state index in [1.807, 2.05) is 13.1 Å². The van der Waals surface area contributed by atoms with Crippen LogP contribution in [0.15, 0.2) is 28.5 Å². The van der Waals surface area contributed by atoms with Crippen molar-refractivity contribution < 1.29 is 0 Å². The van der Waals surface area contributed by atoms with Crippen molar-refractivity contribution in [2.75, 3.05) is 6.54 Å². The first kappa shape index (κ1) is 13.0. The van der Waals surface area contributed by atoms with Gasteiger partial charge in [0.25, 0.3) is 0 Å². The molecule has 18 heavy (non-hydrogen) atoms. The fourth-order valence-electron chi connectivity index (χ4n) is 1.44. The Labute approximate surface area is 110 Å². The van der Waals surface area contributed by atoms with Gasteiger partial charge in [0, 0.05) is 19.8 Å². The molecule has 2 heterocycles. The molecule has 0 amide bonds. The lowest BCUT2D eigenvalue weighted by Crippen LogP contribution is -2.14. The fraction of sp³-hybridized carbons (Fsp3) is 0.455. The summed E-state index contributed by atoms with van der Waals surface area (Å²) >= 11 is 1.48. The lowest BCUT2D eigenvalue weighted by Gasteiger charge is -2.07. The van der Waals surface area contributed by atoms with E-state index in [9.17, 15) is 0 Å². The molecule has 96 valence electrons. The van der Waals surface area contributed by atoms with Crippen LogP contribution in [0, 0.1) is 0 Å². The Morgan fingerprint density at radius 3 is 3.06 bits per heavy atom. The van der Waals surface area contributed by atoms with Crippen LogP contribution in [0.2, 0.25) is 0 Å². The number of hydrogen-bond acceptors (Lipinski definition) is 6. The third kappa shape index (κ3) is 3.27. The zero-order chi connectivity index (χ0) is 12.8. The molecule has 0 aliphatic rings. The number of nitrogens with zero attached hydrogens (tertiary/aromatic N) is 5. The molecule has 0 aromatic carbocycles. The number of aromatic nitrogens is 5. The first-order chi connectivity index (χ1) is 8.81. The summed E-state index contributed by atoms with van der Waals surface area (Å²) in [6.45, 7) is 3.97. The van der Waals surface area contributed by atoms with Gasteiger partial charge in [-0.1, -0.05) is 13.0 Å². The van der Waals surface area contributed by atoms with E-state index in [1.165, 1.54) is 17.3 Å². The molecule has 0 atom stereocenters. The zero-order valence-electron chi connectivity index (χ0n) is 10.5. The number of pyridine rings is 1. The van der Waals surface area contributed by atoms with Crippen molar-refractivity contribution in [1.82, 2.24) is 30.5 Å². The molecular formula is C11H16N6S. The van der Waals surface area contributed by atoms with Gasteiger partial charge in [0.15, 0.2) is 0 Å². The molecule has 0 spiro atoms. The predicted octanol–water partition coefficient (Wildman–Crippen LogP) is 1.26. The summed E-state index contributed by atoms with van der Waals surface area (Å²) in [5.41, 5.74) is 1.17. The lowest BCUT2D eigenvalue weighted by molar-refractivity contribution is 0.658. The van der Waals surface area contributed by atoms with Crippen LogP contribution in [0.4, 0.5) is 0 Å². The fourth-order valence-corrected chi connectivity index (χ4v) is 2.25. The standard InChI is InChI=1S/C11H16N6S/c1-3-6-12-8-9-5-4-7-13-10(9)18-11-14-15-16-17(11)2/h4-5,7,12H,3,6,8H2,1-2H3. The van der Waals surface area contributed by atoms with E-state index in [-0.39, 0.29) is 0 Å². The number of rotatable bonds is 6. The zero-order valence-corrected chi connectivity index (χ0v) is 11.3. The predicted molar refractivity (Wildman–Crippen MR) is 69.2 cm³/mol. The van der Waals surface area contributed by atoms with Gasteiger partial charge in [-0.25, -0.2) is 9.67 Å². The van der Waals surface area contributed by atoms with Crippen molar-refractivity contribution in [2.24, 2.45) is 7.05 Å². The summed E-state index contributed by atoms with van der Waals surface area (Å²) < 4.78 is 1.64. The first-order valence-corrected chi connectivity index (χ1v) is 6.67. The highest BCUT2D eigenvalue weighted by Gasteiger charge is 2.09. The second-order valence-electron chi connectivity index (χ2n) is 3.83. The maximum Gasteiger partial charge on any atom is 0.215 e. The average molecular weight is 264 g/mol. The molecule has 2 aromatic heterocycles. The van der Waals surface area contributed by atoms with Gasteiger partial charge < -0.3 is 5.32 Å². The Hall–Kier alpha value is -1.47. The van der Waals surface area contributed by atoms with Crippen molar-refractivity contribution in [1.29, 1.82) is 0 Å². The SMILES string of the molecule is CCCNCc1cccnc1Sc1nnnn1C. The third-order valence-corrected chi connectivity index (χ3v) is 3.45. The summed E-state index contributed by atoms with van der Waals surface area (Å²) in [6.07, 6.45) is 2.91. The van der Waals surface area contributed by atoms with E-state index in [0.717, 1.165) is 29.7 Å². The molecule has 0 radical (unpaired) electrons. The quantitative estimate of drug-likeness (QED) is 0.792. The molecule has 0 aliphatic heterocycles. The average Bonchev–Trinajstić information content (AvgIpc) is 2.78. The molecule has 2 aromatic rings. The van der Waals surface area contributed by atoms with Crippen LogP contribution in [0.3, 0.4) is 0 Å². The highest BCUT2D eigenvalue weighted by atomic mass is 32.2. The molecule has 7 heteroatoms. The Kier molecular flexibility index (Phi) is 4.66. The molecule has 0 aliphatic carbocycles. The van der Waals surface area contributed by atoms with Crippen LogP contribution in [0.25, 0.3) is 0 Å². The smallest absolute Gasteiger partial charge is 0.215 e. The van der Waals surface area contributed by atoms with Crippen molar-refractivity contribution in [3.63, 3.8) is 0 Å². The Morgan fingerprint density at radius 1 is 1.44 bits per heavy atom. The maximum absolute atomic E-state index is 4.39. The minimum atomic E-state index is 0.741. The molecule has 0 saturated heterocycles. The summed E-state index contributed by atoms with van der Waals surface area (Å²) in [5, 5.41) is 16.4. The minimum Gasteiger partial charge on any atom is -0.313 e. The molecule has 0 bridgehead atoms. The van der Waals surface area contributed by atoms with Gasteiger partial charge in [0.05, 0.1) is 0 Å². The Morgan fingerprint density at radius 2 is 2.33 bits per heavy atom. The van der Waals surface area contributed by atoms with Gasteiger partial charge in [-0.3, -0.25) is 0 Å². The summed E-state index contributed by atoms with van der Waals surface area (Å²) in [5.74, 6) is 0. The number of hydrogen-bond donors (Lipinski definition) is 1. The van der Waals surface area contributed by atoms with Gasteiger partial charge in [-0.15, -0.1) is 5.10 Å². The second kappa shape index (κ2) is 6.46. The second-order valence-corrected chi connectivity index (χ2v) is 4.79. The van der Waals surface area contributed by atoms with E-state index >= 15 is 0 Å². The van der Waals surface area contributed by atoms with E-state index in [4.69, 9.17) is 0 Å². The molecule has 6 nitrogen and oxygen atoms in total. The third-order valence-electron chi connectivity index (χ3n) is 2.36. The summed E-state index contributed by atoms with van der Waals surface area (Å²) in [4.78, 5) is 4.39. The Balaban J connectivity index is 2.10. The molecule has 2 rings (SSSR count). The topological polar surface area (TPSA) is 68.5 Å². The van der Waals surface area contributed by atoms with Gasteiger partial charge in [0.2, 0.25) is 5.16 Å². The van der Waals surface area contributed by atoms with Crippen LogP contribution in [-0.2, 0) is 13.6 Å². The van der Waals surface area contributed by atoms with Gasteiger partial charge in [-0.05, 0) is 46.8 Å². The van der Waals surface area contributed by atoms with E-state index < -0.39 is 0 Å². The van der Waals surface area contributed by atoms with Crippen LogP contribution in [0.5, 0.6) is 0 Å². The van der Waals surface area contributed by atoms with Gasteiger partial charge >= 0.3 is 0 Å². The van der Waals surface area contributed by atoms with E-state index in [2.05, 4.69) is 38.8 Å². The minimum absolute atomic E-state index is 0.741. The number of nitrogens with one attached hydrogen (secondary N) is 1. The number of aryl methyl sites for hydroxylation is 1. The van der Waals surface area contributed by atoms with Crippen molar-refractivity contribution in [3.05, 3.63) is 23.9 Å². The molecule has 1 N–H and O–H groups in total. The summed E-state index contributed by atoms with van der Waals surface area (Å²) in [7, 11) is 1.82. The van der Waals surface area contributed by atoms with E-state index in [0.29, 0.717) is 0 Å². The van der Waals surface area contributed by atoms with E-state index in [1.54, 1.807) is 10.9 Å². The monoisotopic (exact) mass is 264 g/mol. The van der Waals surface area contributed by atoms with Gasteiger partial charge in [0.1, 0.15) is 5.03 Å². The van der Waals surface area contributed by atoms with Crippen LogP contribution < -0.4 is 5.32 Å². The van der Waals surface area contributed by atoms with Crippen molar-refractivity contribution >= 4 is 11.8 Å². The normalized spacial score (nSPS) is 10.8. The van der Waals surface area contributed by atoms with Crippen molar-refractivity contribution in [2.45, 2.75) is 30.1 Å². The highest BCUT2D eigenvalue weighted by Crippen LogP contribution is 2.25. The van der Waals surface area contributed by atoms with Crippen LogP contribution in [-0.4, -0.2) is 31.7 Å². The van der Waals surface area contributed by atoms with Crippen molar-refractivity contribution in [3.8, 4) is 0 Å². The molecule has 0 saturated carbocycles. The Bertz CT molecular complexity index is 498. The summed E-state index contributed by atoms with van der Waals surface area (Å²) in [6, 6.07) is 4.02. The lowest BCUT2D eigenvalue weighted by atomic mass is 10.3. The highest BCUT2D eigenvalue weighted by molar-refractivity contribution is 7.99. The van der Waals surface area contributed by atoms with Crippen LogP contribution in [0.1, 0.15) is 18.9 Å². The van der Waals surface area contributed by atoms with Gasteiger partial charge in [-0.2, -0.15) is 0 Å². The molecule has 0 fully saturated rings. The first-order valence-electron chi connectivity index (χ1n) is 5.86. The largest absolute Gasteiger partial charge is 0.313 e. The maximum atomic E-state index is 4.39. The van der Waals surface area contributed by atoms with Crippen LogP contribution >= 0.6 is 11.8 Å². The number of tetrazole rings is 1. The molecule has 0 unspecified atom stereocenters.